The van der Waals surface area contributed by atoms with Crippen LogP contribution in [-0.2, 0) is 0 Å². The molecule has 0 saturated heterocycles. The zero-order valence-electron chi connectivity index (χ0n) is 12.8. The molecule has 0 bridgehead atoms. The van der Waals surface area contributed by atoms with Gasteiger partial charge in [-0.25, -0.2) is 0 Å². The Kier molecular flexibility index (Phi) is 4.99. The van der Waals surface area contributed by atoms with Crippen LogP contribution in [0.4, 0.5) is 5.69 Å². The Hall–Kier alpha value is -2.29. The van der Waals surface area contributed by atoms with Gasteiger partial charge >= 0.3 is 0 Å². The first-order valence-corrected chi connectivity index (χ1v) is 7.27. The number of carbonyl (C=O) groups is 1. The molecule has 3 nitrogen and oxygen atoms in total. The van der Waals surface area contributed by atoms with Crippen LogP contribution in [0.25, 0.3) is 0 Å². The Labute approximate surface area is 126 Å². The second kappa shape index (κ2) is 6.93. The van der Waals surface area contributed by atoms with E-state index in [1.165, 1.54) is 0 Å². The summed E-state index contributed by atoms with van der Waals surface area (Å²) < 4.78 is 5.46. The Bertz CT molecular complexity index is 622. The number of rotatable bonds is 5. The highest BCUT2D eigenvalue weighted by Crippen LogP contribution is 2.20. The maximum atomic E-state index is 12.7. The molecule has 2 aromatic rings. The SMILES string of the molecule is CCOc1cccc(C(=O)N(CC)c2cccc(C)c2)c1. The van der Waals surface area contributed by atoms with Crippen molar-refractivity contribution in [1.82, 2.24) is 0 Å². The monoisotopic (exact) mass is 283 g/mol. The molecular formula is C18H21NO2. The summed E-state index contributed by atoms with van der Waals surface area (Å²) in [5, 5.41) is 0. The molecule has 0 aromatic heterocycles. The van der Waals surface area contributed by atoms with Crippen molar-refractivity contribution in [3.8, 4) is 5.75 Å². The molecule has 2 rings (SSSR count). The van der Waals surface area contributed by atoms with Crippen molar-refractivity contribution in [1.29, 1.82) is 0 Å². The van der Waals surface area contributed by atoms with E-state index in [9.17, 15) is 4.79 Å². The van der Waals surface area contributed by atoms with Crippen molar-refractivity contribution in [3.63, 3.8) is 0 Å². The van der Waals surface area contributed by atoms with Gasteiger partial charge in [0.15, 0.2) is 0 Å². The van der Waals surface area contributed by atoms with Gasteiger partial charge in [-0.05, 0) is 56.7 Å². The maximum Gasteiger partial charge on any atom is 0.258 e. The lowest BCUT2D eigenvalue weighted by atomic mass is 10.1. The molecule has 0 saturated carbocycles. The molecule has 0 radical (unpaired) electrons. The van der Waals surface area contributed by atoms with Gasteiger partial charge in [-0.3, -0.25) is 4.79 Å². The third-order valence-electron chi connectivity index (χ3n) is 3.27. The molecule has 2 aromatic carbocycles. The van der Waals surface area contributed by atoms with Gasteiger partial charge in [-0.15, -0.1) is 0 Å². The summed E-state index contributed by atoms with van der Waals surface area (Å²) in [6.07, 6.45) is 0. The van der Waals surface area contributed by atoms with E-state index in [0.29, 0.717) is 18.7 Å². The molecule has 21 heavy (non-hydrogen) atoms. The van der Waals surface area contributed by atoms with Crippen molar-refractivity contribution < 1.29 is 9.53 Å². The number of aryl methyl sites for hydroxylation is 1. The van der Waals surface area contributed by atoms with Crippen molar-refractivity contribution in [2.45, 2.75) is 20.8 Å². The maximum absolute atomic E-state index is 12.7. The average molecular weight is 283 g/mol. The van der Waals surface area contributed by atoms with Crippen molar-refractivity contribution in [2.24, 2.45) is 0 Å². The smallest absolute Gasteiger partial charge is 0.258 e. The topological polar surface area (TPSA) is 29.5 Å². The van der Waals surface area contributed by atoms with Crippen LogP contribution in [0, 0.1) is 6.92 Å². The van der Waals surface area contributed by atoms with E-state index in [0.717, 1.165) is 17.0 Å². The molecule has 0 heterocycles. The molecule has 0 spiro atoms. The number of benzene rings is 2. The second-order valence-electron chi connectivity index (χ2n) is 4.85. The minimum atomic E-state index is -0.00958. The van der Waals surface area contributed by atoms with Gasteiger partial charge in [-0.1, -0.05) is 18.2 Å². The highest BCUT2D eigenvalue weighted by molar-refractivity contribution is 6.06. The number of hydrogen-bond donors (Lipinski definition) is 0. The summed E-state index contributed by atoms with van der Waals surface area (Å²) in [5.41, 5.74) is 2.70. The molecular weight excluding hydrogens is 262 g/mol. The molecule has 110 valence electrons. The predicted octanol–water partition coefficient (Wildman–Crippen LogP) is 4.06. The molecule has 0 atom stereocenters. The minimum absolute atomic E-state index is 0.00958. The highest BCUT2D eigenvalue weighted by atomic mass is 16.5. The molecule has 0 aliphatic rings. The van der Waals surface area contributed by atoms with Crippen molar-refractivity contribution in [2.75, 3.05) is 18.1 Å². The number of amides is 1. The number of carbonyl (C=O) groups excluding carboxylic acids is 1. The minimum Gasteiger partial charge on any atom is -0.494 e. The summed E-state index contributed by atoms with van der Waals surface area (Å²) in [5.74, 6) is 0.716. The van der Waals surface area contributed by atoms with Crippen LogP contribution >= 0.6 is 0 Å². The largest absolute Gasteiger partial charge is 0.494 e. The highest BCUT2D eigenvalue weighted by Gasteiger charge is 2.16. The summed E-state index contributed by atoms with van der Waals surface area (Å²) in [4.78, 5) is 14.5. The first-order valence-electron chi connectivity index (χ1n) is 7.27. The first kappa shape index (κ1) is 15.1. The number of hydrogen-bond acceptors (Lipinski definition) is 2. The van der Waals surface area contributed by atoms with Gasteiger partial charge in [0.2, 0.25) is 0 Å². The van der Waals surface area contributed by atoms with E-state index in [1.807, 2.05) is 63.2 Å². The number of ether oxygens (including phenoxy) is 1. The van der Waals surface area contributed by atoms with Crippen LogP contribution in [0.15, 0.2) is 48.5 Å². The van der Waals surface area contributed by atoms with Gasteiger partial charge in [0, 0.05) is 17.8 Å². The van der Waals surface area contributed by atoms with Gasteiger partial charge in [0.05, 0.1) is 6.61 Å². The molecule has 1 amide bonds. The molecule has 0 unspecified atom stereocenters. The van der Waals surface area contributed by atoms with Crippen LogP contribution in [0.3, 0.4) is 0 Å². The van der Waals surface area contributed by atoms with Crippen LogP contribution in [0.2, 0.25) is 0 Å². The van der Waals surface area contributed by atoms with Crippen molar-refractivity contribution in [3.05, 3.63) is 59.7 Å². The Morgan fingerprint density at radius 2 is 1.86 bits per heavy atom. The fraction of sp³-hybridized carbons (Fsp3) is 0.278. The van der Waals surface area contributed by atoms with E-state index in [1.54, 1.807) is 11.0 Å². The quantitative estimate of drug-likeness (QED) is 0.828. The standard InChI is InChI=1S/C18H21NO2/c1-4-19(16-10-6-8-14(3)12-16)18(20)15-9-7-11-17(13-15)21-5-2/h6-13H,4-5H2,1-3H3. The van der Waals surface area contributed by atoms with Crippen LogP contribution in [0.5, 0.6) is 5.75 Å². The van der Waals surface area contributed by atoms with E-state index in [2.05, 4.69) is 0 Å². The second-order valence-corrected chi connectivity index (χ2v) is 4.85. The molecule has 0 fully saturated rings. The fourth-order valence-electron chi connectivity index (χ4n) is 2.28. The molecule has 3 heteroatoms. The normalized spacial score (nSPS) is 10.2. The Morgan fingerprint density at radius 1 is 1.10 bits per heavy atom. The Balaban J connectivity index is 2.30. The van der Waals surface area contributed by atoms with Gasteiger partial charge < -0.3 is 9.64 Å². The number of anilines is 1. The molecule has 0 aliphatic carbocycles. The summed E-state index contributed by atoms with van der Waals surface area (Å²) >= 11 is 0. The third-order valence-corrected chi connectivity index (χ3v) is 3.27. The van der Waals surface area contributed by atoms with Gasteiger partial charge in [-0.2, -0.15) is 0 Å². The lowest BCUT2D eigenvalue weighted by Gasteiger charge is -2.21. The zero-order valence-corrected chi connectivity index (χ0v) is 12.8. The van der Waals surface area contributed by atoms with Crippen molar-refractivity contribution >= 4 is 11.6 Å². The summed E-state index contributed by atoms with van der Waals surface area (Å²) in [6, 6.07) is 15.3. The van der Waals surface area contributed by atoms with Crippen LogP contribution < -0.4 is 9.64 Å². The lowest BCUT2D eigenvalue weighted by molar-refractivity contribution is 0.0988. The summed E-state index contributed by atoms with van der Waals surface area (Å²) in [7, 11) is 0. The zero-order chi connectivity index (χ0) is 15.2. The summed E-state index contributed by atoms with van der Waals surface area (Å²) in [6.45, 7) is 7.15. The average Bonchev–Trinajstić information content (AvgIpc) is 2.49. The fourth-order valence-corrected chi connectivity index (χ4v) is 2.28. The third kappa shape index (κ3) is 3.63. The molecule has 0 aliphatic heterocycles. The van der Waals surface area contributed by atoms with Gasteiger partial charge in [0.1, 0.15) is 5.75 Å². The first-order chi connectivity index (χ1) is 10.2. The van der Waals surface area contributed by atoms with Gasteiger partial charge in [0.25, 0.3) is 5.91 Å². The van der Waals surface area contributed by atoms with E-state index in [-0.39, 0.29) is 5.91 Å². The molecule has 0 N–H and O–H groups in total. The van der Waals surface area contributed by atoms with E-state index in [4.69, 9.17) is 4.74 Å². The number of nitrogens with zero attached hydrogens (tertiary/aromatic N) is 1. The predicted molar refractivity (Wildman–Crippen MR) is 86.1 cm³/mol. The van der Waals surface area contributed by atoms with E-state index >= 15 is 0 Å². The van der Waals surface area contributed by atoms with E-state index < -0.39 is 0 Å². The van der Waals surface area contributed by atoms with Crippen LogP contribution in [0.1, 0.15) is 29.8 Å². The van der Waals surface area contributed by atoms with Crippen LogP contribution in [-0.4, -0.2) is 19.1 Å². The lowest BCUT2D eigenvalue weighted by Crippen LogP contribution is -2.30. The Morgan fingerprint density at radius 3 is 2.52 bits per heavy atom.